The molecule has 0 radical (unpaired) electrons. The van der Waals surface area contributed by atoms with Gasteiger partial charge < -0.3 is 10.2 Å². The molecule has 7 heteroatoms. The minimum atomic E-state index is 0.000822. The Hall–Kier alpha value is -2.08. The highest BCUT2D eigenvalue weighted by molar-refractivity contribution is 6.30. The third kappa shape index (κ3) is 2.98. The van der Waals surface area contributed by atoms with Gasteiger partial charge >= 0.3 is 6.03 Å². The first-order valence-electron chi connectivity index (χ1n) is 8.31. The van der Waals surface area contributed by atoms with Gasteiger partial charge in [0.15, 0.2) is 0 Å². The second-order valence-corrected chi connectivity index (χ2v) is 6.96. The highest BCUT2D eigenvalue weighted by Crippen LogP contribution is 2.23. The third-order valence-corrected chi connectivity index (χ3v) is 4.99. The van der Waals surface area contributed by atoms with E-state index in [9.17, 15) is 4.79 Å². The third-order valence-electron chi connectivity index (χ3n) is 4.76. The van der Waals surface area contributed by atoms with Crippen molar-refractivity contribution in [3.05, 3.63) is 46.0 Å². The molecule has 1 aromatic heterocycles. The van der Waals surface area contributed by atoms with Crippen molar-refractivity contribution in [2.45, 2.75) is 45.3 Å². The van der Waals surface area contributed by atoms with E-state index in [-0.39, 0.29) is 12.1 Å². The number of nitrogens with one attached hydrogen (secondary N) is 1. The van der Waals surface area contributed by atoms with Crippen molar-refractivity contribution in [2.75, 3.05) is 6.54 Å². The molecule has 0 fully saturated rings. The molecule has 6 nitrogen and oxygen atoms in total. The topological polar surface area (TPSA) is 63.1 Å². The molecule has 126 valence electrons. The number of nitrogens with zero attached hydrogens (tertiary/aromatic N) is 4. The Bertz CT molecular complexity index is 787. The molecule has 0 saturated carbocycles. The second kappa shape index (κ2) is 6.09. The maximum Gasteiger partial charge on any atom is 0.317 e. The molecule has 3 heterocycles. The van der Waals surface area contributed by atoms with Crippen molar-refractivity contribution in [3.8, 4) is 0 Å². The molecule has 2 aliphatic heterocycles. The summed E-state index contributed by atoms with van der Waals surface area (Å²) in [5.74, 6) is 1.81. The highest BCUT2D eigenvalue weighted by atomic mass is 35.5. The lowest BCUT2D eigenvalue weighted by Gasteiger charge is -2.32. The number of hydrogen-bond donors (Lipinski definition) is 1. The first-order valence-corrected chi connectivity index (χ1v) is 8.69. The lowest BCUT2D eigenvalue weighted by Crippen LogP contribution is -2.49. The summed E-state index contributed by atoms with van der Waals surface area (Å²) in [6.07, 6.45) is 2.61. The van der Waals surface area contributed by atoms with Crippen LogP contribution in [0.4, 0.5) is 4.79 Å². The summed E-state index contributed by atoms with van der Waals surface area (Å²) in [7, 11) is 0. The molecule has 1 aromatic carbocycles. The molecule has 2 aromatic rings. The van der Waals surface area contributed by atoms with Gasteiger partial charge in [-0.25, -0.2) is 14.5 Å². The summed E-state index contributed by atoms with van der Waals surface area (Å²) >= 11 is 6.04. The Labute approximate surface area is 145 Å². The average molecular weight is 346 g/mol. The van der Waals surface area contributed by atoms with Crippen molar-refractivity contribution in [1.82, 2.24) is 25.0 Å². The van der Waals surface area contributed by atoms with Gasteiger partial charge in [-0.3, -0.25) is 0 Å². The number of hydrogen-bond acceptors (Lipinski definition) is 3. The zero-order valence-electron chi connectivity index (χ0n) is 13.6. The van der Waals surface area contributed by atoms with Crippen LogP contribution in [0.3, 0.4) is 0 Å². The summed E-state index contributed by atoms with van der Waals surface area (Å²) in [6, 6.07) is 6.01. The van der Waals surface area contributed by atoms with E-state index in [4.69, 9.17) is 11.6 Å². The second-order valence-electron chi connectivity index (χ2n) is 6.53. The zero-order valence-corrected chi connectivity index (χ0v) is 14.4. The fourth-order valence-electron chi connectivity index (χ4n) is 3.51. The van der Waals surface area contributed by atoms with E-state index in [2.05, 4.69) is 15.4 Å². The number of amides is 2. The first kappa shape index (κ1) is 15.4. The summed E-state index contributed by atoms with van der Waals surface area (Å²) in [6.45, 7) is 3.95. The van der Waals surface area contributed by atoms with Crippen LogP contribution in [0.25, 0.3) is 0 Å². The highest BCUT2D eigenvalue weighted by Gasteiger charge is 2.26. The minimum Gasteiger partial charge on any atom is -0.333 e. The molecular weight excluding hydrogens is 326 g/mol. The Morgan fingerprint density at radius 1 is 1.33 bits per heavy atom. The maximum atomic E-state index is 12.6. The molecule has 0 unspecified atom stereocenters. The average Bonchev–Trinajstić information content (AvgIpc) is 2.93. The number of benzene rings is 1. The summed E-state index contributed by atoms with van der Waals surface area (Å²) in [5, 5.41) is 8.30. The van der Waals surface area contributed by atoms with Gasteiger partial charge in [0.25, 0.3) is 0 Å². The van der Waals surface area contributed by atoms with E-state index in [0.29, 0.717) is 13.1 Å². The predicted molar refractivity (Wildman–Crippen MR) is 91.0 cm³/mol. The van der Waals surface area contributed by atoms with Crippen molar-refractivity contribution in [3.63, 3.8) is 0 Å². The van der Waals surface area contributed by atoms with E-state index in [1.54, 1.807) is 0 Å². The van der Waals surface area contributed by atoms with Crippen LogP contribution in [0.15, 0.2) is 18.2 Å². The fourth-order valence-corrected chi connectivity index (χ4v) is 3.71. The zero-order chi connectivity index (χ0) is 16.7. The summed E-state index contributed by atoms with van der Waals surface area (Å²) < 4.78 is 1.91. The Kier molecular flexibility index (Phi) is 3.92. The van der Waals surface area contributed by atoms with Crippen molar-refractivity contribution in [2.24, 2.45) is 0 Å². The SMILES string of the molecule is Cc1nc2n(n1)C[C@@H](NC(=O)N1CCc3cc(Cl)ccc3C1)CC2. The van der Waals surface area contributed by atoms with Crippen LogP contribution in [0.5, 0.6) is 0 Å². The number of carbonyl (C=O) groups excluding carboxylic acids is 1. The Morgan fingerprint density at radius 2 is 2.21 bits per heavy atom. The van der Waals surface area contributed by atoms with E-state index in [1.165, 1.54) is 11.1 Å². The molecule has 2 amide bonds. The van der Waals surface area contributed by atoms with Crippen molar-refractivity contribution < 1.29 is 4.79 Å². The lowest BCUT2D eigenvalue weighted by molar-refractivity contribution is 0.184. The minimum absolute atomic E-state index is 0.000822. The lowest BCUT2D eigenvalue weighted by atomic mass is 10.00. The Balaban J connectivity index is 1.40. The molecule has 0 saturated heterocycles. The predicted octanol–water partition coefficient (Wildman–Crippen LogP) is 2.32. The van der Waals surface area contributed by atoms with Crippen LogP contribution in [0, 0.1) is 6.92 Å². The van der Waals surface area contributed by atoms with E-state index >= 15 is 0 Å². The number of urea groups is 1. The van der Waals surface area contributed by atoms with E-state index in [1.807, 2.05) is 34.7 Å². The van der Waals surface area contributed by atoms with Crippen LogP contribution < -0.4 is 5.32 Å². The number of aryl methyl sites for hydroxylation is 2. The normalized spacial score (nSPS) is 19.6. The number of halogens is 1. The smallest absolute Gasteiger partial charge is 0.317 e. The molecule has 0 aliphatic carbocycles. The van der Waals surface area contributed by atoms with Gasteiger partial charge in [0.05, 0.1) is 12.6 Å². The first-order chi connectivity index (χ1) is 11.6. The fraction of sp³-hybridized carbons (Fsp3) is 0.471. The van der Waals surface area contributed by atoms with Gasteiger partial charge in [-0.05, 0) is 43.0 Å². The van der Waals surface area contributed by atoms with Crippen LogP contribution >= 0.6 is 11.6 Å². The summed E-state index contributed by atoms with van der Waals surface area (Å²) in [4.78, 5) is 18.9. The van der Waals surface area contributed by atoms with Gasteiger partial charge in [0.1, 0.15) is 11.6 Å². The van der Waals surface area contributed by atoms with Crippen LogP contribution in [0.1, 0.15) is 29.2 Å². The molecule has 4 rings (SSSR count). The van der Waals surface area contributed by atoms with Crippen molar-refractivity contribution in [1.29, 1.82) is 0 Å². The number of fused-ring (bicyclic) bond motifs is 2. The standard InChI is InChI=1S/C17H20ClN5O/c1-11-19-16-5-4-15(10-23(16)21-11)20-17(24)22-7-6-12-8-14(18)3-2-13(12)9-22/h2-3,8,15H,4-7,9-10H2,1H3,(H,20,24)/t15-/m0/s1. The monoisotopic (exact) mass is 345 g/mol. The van der Waals surface area contributed by atoms with Gasteiger partial charge in [0.2, 0.25) is 0 Å². The van der Waals surface area contributed by atoms with Crippen LogP contribution in [-0.2, 0) is 25.9 Å². The maximum absolute atomic E-state index is 12.6. The summed E-state index contributed by atoms with van der Waals surface area (Å²) in [5.41, 5.74) is 2.42. The molecule has 24 heavy (non-hydrogen) atoms. The molecule has 2 aliphatic rings. The van der Waals surface area contributed by atoms with Crippen molar-refractivity contribution >= 4 is 17.6 Å². The number of rotatable bonds is 1. The van der Waals surface area contributed by atoms with Gasteiger partial charge in [-0.1, -0.05) is 17.7 Å². The van der Waals surface area contributed by atoms with E-state index in [0.717, 1.165) is 42.5 Å². The van der Waals surface area contributed by atoms with Gasteiger partial charge in [-0.15, -0.1) is 0 Å². The number of carbonyl (C=O) groups is 1. The van der Waals surface area contributed by atoms with Crippen LogP contribution in [-0.4, -0.2) is 38.3 Å². The quantitative estimate of drug-likeness (QED) is 0.862. The van der Waals surface area contributed by atoms with Gasteiger partial charge in [-0.2, -0.15) is 5.10 Å². The van der Waals surface area contributed by atoms with Gasteiger partial charge in [0, 0.05) is 24.5 Å². The number of aromatic nitrogens is 3. The molecule has 1 atom stereocenters. The van der Waals surface area contributed by atoms with E-state index < -0.39 is 0 Å². The van der Waals surface area contributed by atoms with Crippen LogP contribution in [0.2, 0.25) is 5.02 Å². The largest absolute Gasteiger partial charge is 0.333 e. The molecule has 0 bridgehead atoms. The molecular formula is C17H20ClN5O. The molecule has 1 N–H and O–H groups in total. The Morgan fingerprint density at radius 3 is 3.08 bits per heavy atom. The molecule has 0 spiro atoms.